The van der Waals surface area contributed by atoms with Gasteiger partial charge in [-0.1, -0.05) is 35.9 Å². The van der Waals surface area contributed by atoms with Crippen LogP contribution in [0.25, 0.3) is 22.7 Å². The Hall–Kier alpha value is -3.91. The first-order valence-corrected chi connectivity index (χ1v) is 8.24. The van der Waals surface area contributed by atoms with Gasteiger partial charge in [0.2, 0.25) is 0 Å². The second-order valence-electron chi connectivity index (χ2n) is 6.02. The largest absolute Gasteiger partial charge is 0.477 e. The van der Waals surface area contributed by atoms with E-state index in [0.29, 0.717) is 5.39 Å². The fourth-order valence-corrected chi connectivity index (χ4v) is 2.72. The van der Waals surface area contributed by atoms with Gasteiger partial charge in [0.05, 0.1) is 5.52 Å². The van der Waals surface area contributed by atoms with Crippen molar-refractivity contribution in [1.29, 1.82) is 5.26 Å². The normalized spacial score (nSPS) is 11.6. The zero-order chi connectivity index (χ0) is 19.4. The van der Waals surface area contributed by atoms with Crippen molar-refractivity contribution in [3.8, 4) is 11.8 Å². The highest BCUT2D eigenvalue weighted by Gasteiger charge is 2.06. The molecule has 5 heteroatoms. The van der Waals surface area contributed by atoms with Gasteiger partial charge in [-0.25, -0.2) is 4.79 Å². The highest BCUT2D eigenvalue weighted by atomic mass is 16.4. The molecule has 3 aromatic rings. The van der Waals surface area contributed by atoms with Gasteiger partial charge < -0.3 is 9.67 Å². The molecule has 0 spiro atoms. The smallest absolute Gasteiger partial charge is 0.346 e. The first kappa shape index (κ1) is 17.9. The summed E-state index contributed by atoms with van der Waals surface area (Å²) in [5, 5.41) is 18.1. The SMILES string of the molecule is Cc1ccc(-n2ccc(=O)c3cc(/C=C/C=C(\C#N)C(=O)O)ccc32)cc1. The Bertz CT molecular complexity index is 1180. The van der Waals surface area contributed by atoms with E-state index in [1.807, 2.05) is 47.9 Å². The van der Waals surface area contributed by atoms with Crippen LogP contribution in [0.3, 0.4) is 0 Å². The number of pyridine rings is 1. The van der Waals surface area contributed by atoms with Gasteiger partial charge in [0.15, 0.2) is 5.43 Å². The minimum atomic E-state index is -1.28. The van der Waals surface area contributed by atoms with E-state index in [9.17, 15) is 9.59 Å². The van der Waals surface area contributed by atoms with Gasteiger partial charge in [-0.15, -0.1) is 0 Å². The van der Waals surface area contributed by atoms with E-state index in [1.54, 1.807) is 24.4 Å². The van der Waals surface area contributed by atoms with Crippen molar-refractivity contribution in [3.63, 3.8) is 0 Å². The highest BCUT2D eigenvalue weighted by Crippen LogP contribution is 2.19. The second kappa shape index (κ2) is 7.54. The first-order valence-electron chi connectivity index (χ1n) is 8.24. The van der Waals surface area contributed by atoms with Crippen LogP contribution in [-0.4, -0.2) is 15.6 Å². The van der Waals surface area contributed by atoms with E-state index in [2.05, 4.69) is 0 Å². The van der Waals surface area contributed by atoms with Crippen molar-refractivity contribution in [1.82, 2.24) is 4.57 Å². The van der Waals surface area contributed by atoms with E-state index < -0.39 is 5.97 Å². The summed E-state index contributed by atoms with van der Waals surface area (Å²) in [5.74, 6) is -1.28. The summed E-state index contributed by atoms with van der Waals surface area (Å²) in [7, 11) is 0. The standard InChI is InChI=1S/C22H16N2O3/c1-15-5-8-18(9-6-15)24-12-11-21(25)19-13-16(7-10-20(19)24)3-2-4-17(14-23)22(26)27/h2-13H,1H3,(H,26,27)/b3-2+,17-4+. The summed E-state index contributed by atoms with van der Waals surface area (Å²) in [4.78, 5) is 23.1. The molecule has 1 N–H and O–H groups in total. The van der Waals surface area contributed by atoms with Gasteiger partial charge in [-0.05, 0) is 42.8 Å². The molecular weight excluding hydrogens is 340 g/mol. The molecule has 0 bridgehead atoms. The molecule has 3 rings (SSSR count). The van der Waals surface area contributed by atoms with Crippen molar-refractivity contribution >= 4 is 22.9 Å². The molecule has 0 aliphatic heterocycles. The van der Waals surface area contributed by atoms with E-state index >= 15 is 0 Å². The lowest BCUT2D eigenvalue weighted by Crippen LogP contribution is -2.06. The summed E-state index contributed by atoms with van der Waals surface area (Å²) in [6, 6.07) is 16.6. The summed E-state index contributed by atoms with van der Waals surface area (Å²) >= 11 is 0. The van der Waals surface area contributed by atoms with Crippen LogP contribution in [0.1, 0.15) is 11.1 Å². The van der Waals surface area contributed by atoms with Crippen LogP contribution in [0.2, 0.25) is 0 Å². The van der Waals surface area contributed by atoms with Gasteiger partial charge in [0.1, 0.15) is 11.6 Å². The fourth-order valence-electron chi connectivity index (χ4n) is 2.72. The monoisotopic (exact) mass is 356 g/mol. The molecule has 1 heterocycles. The molecule has 5 nitrogen and oxygen atoms in total. The number of hydrogen-bond acceptors (Lipinski definition) is 3. The number of carboxylic acid groups (broad SMARTS) is 1. The molecule has 27 heavy (non-hydrogen) atoms. The van der Waals surface area contributed by atoms with Gasteiger partial charge in [-0.3, -0.25) is 4.79 Å². The molecule has 0 aliphatic carbocycles. The average Bonchev–Trinajstić information content (AvgIpc) is 2.66. The third kappa shape index (κ3) is 3.86. The van der Waals surface area contributed by atoms with Gasteiger partial charge >= 0.3 is 5.97 Å². The minimum absolute atomic E-state index is 0.0950. The zero-order valence-corrected chi connectivity index (χ0v) is 14.6. The minimum Gasteiger partial charge on any atom is -0.477 e. The molecule has 0 atom stereocenters. The highest BCUT2D eigenvalue weighted by molar-refractivity contribution is 5.91. The predicted octanol–water partition coefficient (Wildman–Crippen LogP) is 3.85. The number of hydrogen-bond donors (Lipinski definition) is 1. The average molecular weight is 356 g/mol. The molecule has 132 valence electrons. The lowest BCUT2D eigenvalue weighted by Gasteiger charge is -2.11. The Morgan fingerprint density at radius 1 is 1.15 bits per heavy atom. The number of nitriles is 1. The van der Waals surface area contributed by atoms with Gasteiger partial charge in [0.25, 0.3) is 0 Å². The van der Waals surface area contributed by atoms with Crippen molar-refractivity contribution in [2.75, 3.05) is 0 Å². The number of fused-ring (bicyclic) bond motifs is 1. The maximum atomic E-state index is 12.3. The second-order valence-corrected chi connectivity index (χ2v) is 6.02. The molecule has 0 fully saturated rings. The molecule has 1 aromatic heterocycles. The molecule has 2 aromatic carbocycles. The van der Waals surface area contributed by atoms with Gasteiger partial charge in [-0.2, -0.15) is 5.26 Å². The quantitative estimate of drug-likeness (QED) is 0.437. The van der Waals surface area contributed by atoms with Crippen LogP contribution in [0.4, 0.5) is 0 Å². The number of allylic oxidation sites excluding steroid dienone is 2. The number of aryl methyl sites for hydroxylation is 1. The van der Waals surface area contributed by atoms with Crippen LogP contribution in [0.15, 0.2) is 77.2 Å². The first-order chi connectivity index (χ1) is 13.0. The molecule has 0 radical (unpaired) electrons. The predicted molar refractivity (Wildman–Crippen MR) is 105 cm³/mol. The zero-order valence-electron chi connectivity index (χ0n) is 14.6. The van der Waals surface area contributed by atoms with Crippen molar-refractivity contribution in [2.45, 2.75) is 6.92 Å². The van der Waals surface area contributed by atoms with Crippen molar-refractivity contribution in [2.24, 2.45) is 0 Å². The molecule has 0 amide bonds. The van der Waals surface area contributed by atoms with Crippen LogP contribution in [-0.2, 0) is 4.79 Å². The maximum Gasteiger partial charge on any atom is 0.346 e. The number of carbonyl (C=O) groups is 1. The summed E-state index contributed by atoms with van der Waals surface area (Å²) in [6.45, 7) is 2.02. The van der Waals surface area contributed by atoms with Crippen molar-refractivity contribution in [3.05, 3.63) is 93.8 Å². The Balaban J connectivity index is 2.05. The number of aromatic nitrogens is 1. The van der Waals surface area contributed by atoms with Crippen LogP contribution in [0, 0.1) is 18.3 Å². The van der Waals surface area contributed by atoms with Crippen molar-refractivity contribution < 1.29 is 9.90 Å². The molecular formula is C22H16N2O3. The Kier molecular flexibility index (Phi) is 5.00. The van der Waals surface area contributed by atoms with Crippen LogP contribution >= 0.6 is 0 Å². The number of rotatable bonds is 4. The van der Waals surface area contributed by atoms with Crippen LogP contribution < -0.4 is 5.43 Å². The summed E-state index contributed by atoms with van der Waals surface area (Å²) < 4.78 is 1.95. The summed E-state index contributed by atoms with van der Waals surface area (Å²) in [5.41, 5.74) is 3.18. The lowest BCUT2D eigenvalue weighted by atomic mass is 10.1. The third-order valence-corrected chi connectivity index (χ3v) is 4.14. The molecule has 0 saturated carbocycles. The molecule has 0 unspecified atom stereocenters. The Morgan fingerprint density at radius 3 is 2.56 bits per heavy atom. The Morgan fingerprint density at radius 2 is 1.89 bits per heavy atom. The maximum absolute atomic E-state index is 12.3. The lowest BCUT2D eigenvalue weighted by molar-refractivity contribution is -0.132. The third-order valence-electron chi connectivity index (χ3n) is 4.14. The fraction of sp³-hybridized carbons (Fsp3) is 0.0455. The molecule has 0 aliphatic rings. The number of aliphatic carboxylic acids is 1. The van der Waals surface area contributed by atoms with E-state index in [0.717, 1.165) is 22.3 Å². The van der Waals surface area contributed by atoms with Gasteiger partial charge in [0, 0.05) is 23.3 Å². The van der Waals surface area contributed by atoms with Crippen LogP contribution in [0.5, 0.6) is 0 Å². The molecule has 0 saturated heterocycles. The number of carboxylic acids is 1. The van der Waals surface area contributed by atoms with E-state index in [-0.39, 0.29) is 11.0 Å². The number of benzene rings is 2. The Labute approximate surface area is 155 Å². The topological polar surface area (TPSA) is 83.1 Å². The summed E-state index contributed by atoms with van der Waals surface area (Å²) in [6.07, 6.45) is 6.11. The van der Waals surface area contributed by atoms with E-state index in [4.69, 9.17) is 10.4 Å². The number of nitrogens with zero attached hydrogens (tertiary/aromatic N) is 2. The van der Waals surface area contributed by atoms with E-state index in [1.165, 1.54) is 18.2 Å².